The molecule has 148 valence electrons. The average Bonchev–Trinajstić information content (AvgIpc) is 3.14. The maximum absolute atomic E-state index is 12.5. The molecule has 0 N–H and O–H groups in total. The van der Waals surface area contributed by atoms with Gasteiger partial charge in [0.25, 0.3) is 5.91 Å². The van der Waals surface area contributed by atoms with Crippen molar-refractivity contribution in [2.75, 3.05) is 37.7 Å². The first kappa shape index (κ1) is 19.3. The summed E-state index contributed by atoms with van der Waals surface area (Å²) in [6.45, 7) is 7.63. The molecule has 1 fully saturated rings. The molecule has 5 nitrogen and oxygen atoms in total. The molecule has 2 aromatic carbocycles. The number of benzene rings is 2. The van der Waals surface area contributed by atoms with Crippen LogP contribution in [0.25, 0.3) is 6.08 Å². The van der Waals surface area contributed by atoms with Crippen LogP contribution in [0.15, 0.2) is 77.1 Å². The van der Waals surface area contributed by atoms with E-state index < -0.39 is 0 Å². The number of hydrogen-bond donors (Lipinski definition) is 0. The fourth-order valence-electron chi connectivity index (χ4n) is 3.35. The molecule has 0 aromatic heterocycles. The van der Waals surface area contributed by atoms with Crippen LogP contribution in [0, 0.1) is 0 Å². The lowest BCUT2D eigenvalue weighted by Gasteiger charge is -2.36. The van der Waals surface area contributed by atoms with E-state index >= 15 is 0 Å². The van der Waals surface area contributed by atoms with Gasteiger partial charge in [-0.2, -0.15) is 4.99 Å². The zero-order valence-corrected chi connectivity index (χ0v) is 17.0. The molecule has 2 aliphatic rings. The fourth-order valence-corrected chi connectivity index (χ4v) is 4.30. The molecule has 0 radical (unpaired) electrons. The van der Waals surface area contributed by atoms with Gasteiger partial charge < -0.3 is 14.5 Å². The molecular weight excluding hydrogens is 382 g/mol. The van der Waals surface area contributed by atoms with E-state index in [9.17, 15) is 4.79 Å². The SMILES string of the molecule is C=CCOc1ccccc1C=C1SC(N2CCN(c3ccccc3)CC2)=NC1=O. The third-order valence-electron chi connectivity index (χ3n) is 4.84. The Labute approximate surface area is 175 Å². The summed E-state index contributed by atoms with van der Waals surface area (Å²) in [4.78, 5) is 22.0. The Hall–Kier alpha value is -2.99. The normalized spacial score (nSPS) is 18.1. The summed E-state index contributed by atoms with van der Waals surface area (Å²) in [5.41, 5.74) is 2.11. The summed E-state index contributed by atoms with van der Waals surface area (Å²) in [5, 5.41) is 0.790. The van der Waals surface area contributed by atoms with E-state index in [0.29, 0.717) is 11.5 Å². The lowest BCUT2D eigenvalue weighted by Crippen LogP contribution is -2.47. The maximum Gasteiger partial charge on any atom is 0.286 e. The minimum atomic E-state index is -0.186. The van der Waals surface area contributed by atoms with Crippen LogP contribution in [-0.4, -0.2) is 48.8 Å². The second kappa shape index (κ2) is 9.01. The minimum Gasteiger partial charge on any atom is -0.489 e. The number of amides is 1. The van der Waals surface area contributed by atoms with Gasteiger partial charge in [-0.05, 0) is 36.0 Å². The Balaban J connectivity index is 1.42. The van der Waals surface area contributed by atoms with E-state index in [2.05, 4.69) is 45.6 Å². The standard InChI is InChI=1S/C23H23N3O2S/c1-2-16-28-20-11-7-6-8-18(20)17-21-22(27)24-23(29-21)26-14-12-25(13-15-26)19-9-4-3-5-10-19/h2-11,17H,1,12-16H2. The number of anilines is 1. The smallest absolute Gasteiger partial charge is 0.286 e. The number of nitrogens with zero attached hydrogens (tertiary/aromatic N) is 3. The Kier molecular flexibility index (Phi) is 6.00. The van der Waals surface area contributed by atoms with E-state index in [1.165, 1.54) is 17.4 Å². The molecule has 2 aliphatic heterocycles. The van der Waals surface area contributed by atoms with E-state index in [4.69, 9.17) is 4.74 Å². The van der Waals surface area contributed by atoms with Crippen LogP contribution >= 0.6 is 11.8 Å². The molecule has 0 atom stereocenters. The van der Waals surface area contributed by atoms with Gasteiger partial charge in [0.1, 0.15) is 12.4 Å². The summed E-state index contributed by atoms with van der Waals surface area (Å²) in [6.07, 6.45) is 3.57. The van der Waals surface area contributed by atoms with E-state index in [1.807, 2.05) is 36.4 Å². The third-order valence-corrected chi connectivity index (χ3v) is 5.89. The molecule has 0 aliphatic carbocycles. The minimum absolute atomic E-state index is 0.186. The topological polar surface area (TPSA) is 45.1 Å². The van der Waals surface area contributed by atoms with E-state index in [1.54, 1.807) is 6.08 Å². The molecule has 6 heteroatoms. The molecule has 0 saturated carbocycles. The number of aliphatic imine (C=N–C) groups is 1. The van der Waals surface area contributed by atoms with Crippen molar-refractivity contribution in [2.24, 2.45) is 4.99 Å². The van der Waals surface area contributed by atoms with Gasteiger partial charge in [0.05, 0.1) is 4.91 Å². The molecule has 1 amide bonds. The maximum atomic E-state index is 12.5. The first-order chi connectivity index (χ1) is 14.2. The predicted molar refractivity (Wildman–Crippen MR) is 120 cm³/mol. The Morgan fingerprint density at radius 1 is 1.00 bits per heavy atom. The van der Waals surface area contributed by atoms with Gasteiger partial charge in [0.15, 0.2) is 5.17 Å². The molecule has 2 heterocycles. The number of thioether (sulfide) groups is 1. The highest BCUT2D eigenvalue weighted by Gasteiger charge is 2.28. The van der Waals surface area contributed by atoms with Crippen molar-refractivity contribution in [1.82, 2.24) is 4.90 Å². The second-order valence-corrected chi connectivity index (χ2v) is 7.77. The highest BCUT2D eigenvalue weighted by atomic mass is 32.2. The zero-order chi connectivity index (χ0) is 20.1. The summed E-state index contributed by atoms with van der Waals surface area (Å²) >= 11 is 1.44. The number of piperazine rings is 1. The Morgan fingerprint density at radius 2 is 1.69 bits per heavy atom. The Bertz CT molecular complexity index is 948. The number of carbonyl (C=O) groups is 1. The molecule has 0 spiro atoms. The molecular formula is C23H23N3O2S. The van der Waals surface area contributed by atoms with Crippen molar-refractivity contribution >= 4 is 34.6 Å². The molecule has 4 rings (SSSR count). The van der Waals surface area contributed by atoms with Gasteiger partial charge in [-0.25, -0.2) is 0 Å². The third kappa shape index (κ3) is 4.54. The molecule has 29 heavy (non-hydrogen) atoms. The highest BCUT2D eigenvalue weighted by molar-refractivity contribution is 8.18. The highest BCUT2D eigenvalue weighted by Crippen LogP contribution is 2.33. The van der Waals surface area contributed by atoms with Crippen LogP contribution in [0.1, 0.15) is 5.56 Å². The fraction of sp³-hybridized carbons (Fsp3) is 0.217. The Morgan fingerprint density at radius 3 is 2.45 bits per heavy atom. The summed E-state index contributed by atoms with van der Waals surface area (Å²) < 4.78 is 5.69. The summed E-state index contributed by atoms with van der Waals surface area (Å²) in [7, 11) is 0. The van der Waals surface area contributed by atoms with E-state index in [0.717, 1.165) is 42.7 Å². The van der Waals surface area contributed by atoms with Gasteiger partial charge in [0.2, 0.25) is 0 Å². The molecule has 1 saturated heterocycles. The van der Waals surface area contributed by atoms with Gasteiger partial charge in [-0.3, -0.25) is 4.79 Å². The van der Waals surface area contributed by atoms with Crippen LogP contribution in [-0.2, 0) is 4.79 Å². The van der Waals surface area contributed by atoms with Crippen LogP contribution in [0.4, 0.5) is 5.69 Å². The summed E-state index contributed by atoms with van der Waals surface area (Å²) in [6, 6.07) is 18.1. The quantitative estimate of drug-likeness (QED) is 0.555. The monoisotopic (exact) mass is 405 g/mol. The number of para-hydroxylation sites is 2. The van der Waals surface area contributed by atoms with Crippen molar-refractivity contribution in [3.8, 4) is 5.75 Å². The second-order valence-electron chi connectivity index (χ2n) is 6.76. The largest absolute Gasteiger partial charge is 0.489 e. The summed E-state index contributed by atoms with van der Waals surface area (Å²) in [5.74, 6) is 0.548. The van der Waals surface area contributed by atoms with Gasteiger partial charge in [-0.1, -0.05) is 49.1 Å². The lowest BCUT2D eigenvalue weighted by atomic mass is 10.2. The van der Waals surface area contributed by atoms with Crippen LogP contribution in [0.2, 0.25) is 0 Å². The predicted octanol–water partition coefficient (Wildman–Crippen LogP) is 4.04. The van der Waals surface area contributed by atoms with Crippen molar-refractivity contribution in [2.45, 2.75) is 0 Å². The number of carbonyl (C=O) groups excluding carboxylic acids is 1. The van der Waals surface area contributed by atoms with Crippen LogP contribution in [0.3, 0.4) is 0 Å². The van der Waals surface area contributed by atoms with E-state index in [-0.39, 0.29) is 5.91 Å². The van der Waals surface area contributed by atoms with Crippen LogP contribution in [0.5, 0.6) is 5.75 Å². The van der Waals surface area contributed by atoms with Crippen molar-refractivity contribution in [3.63, 3.8) is 0 Å². The molecule has 2 aromatic rings. The number of hydrogen-bond acceptors (Lipinski definition) is 5. The average molecular weight is 406 g/mol. The first-order valence-corrected chi connectivity index (χ1v) is 10.5. The van der Waals surface area contributed by atoms with Gasteiger partial charge in [-0.15, -0.1) is 0 Å². The molecule has 0 unspecified atom stereocenters. The number of rotatable bonds is 5. The van der Waals surface area contributed by atoms with Gasteiger partial charge in [0, 0.05) is 37.4 Å². The number of amidine groups is 1. The van der Waals surface area contributed by atoms with Gasteiger partial charge >= 0.3 is 0 Å². The lowest BCUT2D eigenvalue weighted by molar-refractivity contribution is -0.113. The zero-order valence-electron chi connectivity index (χ0n) is 16.2. The number of ether oxygens (including phenoxy) is 1. The van der Waals surface area contributed by atoms with Crippen LogP contribution < -0.4 is 9.64 Å². The van der Waals surface area contributed by atoms with Crippen molar-refractivity contribution in [1.29, 1.82) is 0 Å². The molecule has 0 bridgehead atoms. The van der Waals surface area contributed by atoms with Crippen molar-refractivity contribution in [3.05, 3.63) is 77.7 Å². The van der Waals surface area contributed by atoms with Crippen molar-refractivity contribution < 1.29 is 9.53 Å². The first-order valence-electron chi connectivity index (χ1n) is 9.65.